The standard InChI is InChI=1S/C24H24N8S/c1-16-21(32-14-17(7-8-19(32)28-16)13-31-11-9-25-10-12-31)24-29-20(18-5-3-2-4-6-18)22(33-24)23-26-15-27-30-23/h2-8,14-15,25H,9-13H2,1H3,(H,26,27,30). The Kier molecular flexibility index (Phi) is 5.21. The molecule has 9 heteroatoms. The van der Waals surface area contributed by atoms with E-state index in [0.29, 0.717) is 0 Å². The van der Waals surface area contributed by atoms with E-state index in [1.54, 1.807) is 11.3 Å². The number of nitrogens with one attached hydrogen (secondary N) is 2. The van der Waals surface area contributed by atoms with Crippen molar-refractivity contribution in [1.82, 2.24) is 39.8 Å². The number of benzene rings is 1. The van der Waals surface area contributed by atoms with E-state index < -0.39 is 0 Å². The Morgan fingerprint density at radius 3 is 2.67 bits per heavy atom. The van der Waals surface area contributed by atoms with Gasteiger partial charge in [-0.25, -0.2) is 15.0 Å². The molecule has 0 spiro atoms. The lowest BCUT2D eigenvalue weighted by atomic mass is 10.1. The molecule has 5 heterocycles. The molecule has 1 fully saturated rings. The number of thiazole rings is 1. The van der Waals surface area contributed by atoms with Crippen molar-refractivity contribution in [1.29, 1.82) is 0 Å². The van der Waals surface area contributed by atoms with Crippen LogP contribution < -0.4 is 5.32 Å². The number of fused-ring (bicyclic) bond motifs is 1. The predicted octanol–water partition coefficient (Wildman–Crippen LogP) is 3.62. The normalized spacial score (nSPS) is 14.8. The third kappa shape index (κ3) is 3.84. The molecule has 0 saturated carbocycles. The maximum Gasteiger partial charge on any atom is 0.167 e. The van der Waals surface area contributed by atoms with Crippen LogP contribution in [0.25, 0.3) is 38.3 Å². The summed E-state index contributed by atoms with van der Waals surface area (Å²) >= 11 is 1.62. The molecule has 8 nitrogen and oxygen atoms in total. The van der Waals surface area contributed by atoms with Crippen molar-refractivity contribution in [2.75, 3.05) is 26.2 Å². The number of aromatic nitrogens is 6. The predicted molar refractivity (Wildman–Crippen MR) is 130 cm³/mol. The van der Waals surface area contributed by atoms with Crippen LogP contribution >= 0.6 is 11.3 Å². The number of aromatic amines is 1. The smallest absolute Gasteiger partial charge is 0.167 e. The number of aryl methyl sites for hydroxylation is 1. The number of imidazole rings is 1. The third-order valence-electron chi connectivity index (χ3n) is 5.98. The van der Waals surface area contributed by atoms with Gasteiger partial charge in [-0.2, -0.15) is 5.10 Å². The van der Waals surface area contributed by atoms with E-state index in [4.69, 9.17) is 9.97 Å². The summed E-state index contributed by atoms with van der Waals surface area (Å²) in [4.78, 5) is 17.8. The maximum absolute atomic E-state index is 5.09. The van der Waals surface area contributed by atoms with Crippen LogP contribution in [0.5, 0.6) is 0 Å². The lowest BCUT2D eigenvalue weighted by molar-refractivity contribution is 0.233. The lowest BCUT2D eigenvalue weighted by Crippen LogP contribution is -2.42. The van der Waals surface area contributed by atoms with E-state index >= 15 is 0 Å². The maximum atomic E-state index is 5.09. The lowest BCUT2D eigenvalue weighted by Gasteiger charge is -2.27. The summed E-state index contributed by atoms with van der Waals surface area (Å²) < 4.78 is 2.19. The number of rotatable bonds is 5. The number of hydrogen-bond donors (Lipinski definition) is 2. The zero-order valence-corrected chi connectivity index (χ0v) is 19.1. The SMILES string of the molecule is Cc1nc2ccc(CN3CCNCC3)cn2c1-c1nc(-c2ccccc2)c(-c2ncn[nH]2)s1. The monoisotopic (exact) mass is 456 g/mol. The minimum absolute atomic E-state index is 0.725. The zero-order chi connectivity index (χ0) is 22.2. The largest absolute Gasteiger partial charge is 0.314 e. The van der Waals surface area contributed by atoms with Gasteiger partial charge in [0, 0.05) is 44.5 Å². The van der Waals surface area contributed by atoms with Crippen molar-refractivity contribution >= 4 is 17.0 Å². The third-order valence-corrected chi connectivity index (χ3v) is 7.05. The summed E-state index contributed by atoms with van der Waals surface area (Å²) in [5.41, 5.74) is 6.16. The first-order chi connectivity index (χ1) is 16.3. The van der Waals surface area contributed by atoms with Gasteiger partial charge in [-0.3, -0.25) is 14.4 Å². The molecule has 166 valence electrons. The van der Waals surface area contributed by atoms with Crippen LogP contribution in [0.3, 0.4) is 0 Å². The van der Waals surface area contributed by atoms with Gasteiger partial charge >= 0.3 is 0 Å². The van der Waals surface area contributed by atoms with Crippen molar-refractivity contribution in [2.45, 2.75) is 13.5 Å². The Bertz CT molecular complexity index is 1380. The molecule has 0 aliphatic carbocycles. The second kappa shape index (κ2) is 8.51. The minimum Gasteiger partial charge on any atom is -0.314 e. The van der Waals surface area contributed by atoms with Gasteiger partial charge in [0.25, 0.3) is 0 Å². The second-order valence-corrected chi connectivity index (χ2v) is 9.23. The topological polar surface area (TPSA) is 87.0 Å². The van der Waals surface area contributed by atoms with Crippen molar-refractivity contribution in [3.63, 3.8) is 0 Å². The van der Waals surface area contributed by atoms with Crippen LogP contribution in [-0.4, -0.2) is 60.6 Å². The van der Waals surface area contributed by atoms with E-state index in [0.717, 1.165) is 76.7 Å². The number of H-pyrrole nitrogens is 1. The van der Waals surface area contributed by atoms with Gasteiger partial charge in [0.2, 0.25) is 0 Å². The van der Waals surface area contributed by atoms with E-state index in [1.165, 1.54) is 11.9 Å². The number of hydrogen-bond acceptors (Lipinski definition) is 7. The summed E-state index contributed by atoms with van der Waals surface area (Å²) in [7, 11) is 0. The molecule has 4 aromatic heterocycles. The Hall–Kier alpha value is -3.40. The fourth-order valence-electron chi connectivity index (χ4n) is 4.37. The summed E-state index contributed by atoms with van der Waals surface area (Å²) in [6.45, 7) is 7.22. The molecule has 0 amide bonds. The Labute approximate surface area is 195 Å². The van der Waals surface area contributed by atoms with E-state index in [9.17, 15) is 0 Å². The van der Waals surface area contributed by atoms with Crippen LogP contribution in [-0.2, 0) is 6.54 Å². The van der Waals surface area contributed by atoms with Crippen molar-refractivity contribution in [2.24, 2.45) is 0 Å². The molecule has 1 aromatic carbocycles. The minimum atomic E-state index is 0.725. The van der Waals surface area contributed by atoms with Crippen LogP contribution in [0.2, 0.25) is 0 Å². The molecule has 2 N–H and O–H groups in total. The molecule has 1 aliphatic heterocycles. The first-order valence-electron chi connectivity index (χ1n) is 11.1. The molecule has 33 heavy (non-hydrogen) atoms. The number of piperazine rings is 1. The van der Waals surface area contributed by atoms with E-state index in [2.05, 4.69) is 67.2 Å². The van der Waals surface area contributed by atoms with Gasteiger partial charge < -0.3 is 5.32 Å². The summed E-state index contributed by atoms with van der Waals surface area (Å²) in [5.74, 6) is 0.725. The molecule has 6 rings (SSSR count). The average Bonchev–Trinajstić information content (AvgIpc) is 3.58. The van der Waals surface area contributed by atoms with Gasteiger partial charge in [-0.05, 0) is 18.6 Å². The Balaban J connectivity index is 1.46. The van der Waals surface area contributed by atoms with Gasteiger partial charge in [-0.15, -0.1) is 11.3 Å². The molecule has 0 atom stereocenters. The molecule has 5 aromatic rings. The fraction of sp³-hybridized carbons (Fsp3) is 0.250. The highest BCUT2D eigenvalue weighted by atomic mass is 32.1. The van der Waals surface area contributed by atoms with E-state index in [1.807, 2.05) is 18.2 Å². The molecular formula is C24H24N8S. The molecule has 0 radical (unpaired) electrons. The highest BCUT2D eigenvalue weighted by molar-refractivity contribution is 7.18. The van der Waals surface area contributed by atoms with E-state index in [-0.39, 0.29) is 0 Å². The number of nitrogens with zero attached hydrogens (tertiary/aromatic N) is 6. The Morgan fingerprint density at radius 1 is 1.03 bits per heavy atom. The fourth-order valence-corrected chi connectivity index (χ4v) is 5.50. The van der Waals surface area contributed by atoms with Crippen LogP contribution in [0.15, 0.2) is 55.0 Å². The number of pyridine rings is 1. The van der Waals surface area contributed by atoms with Crippen molar-refractivity contribution in [3.8, 4) is 32.7 Å². The highest BCUT2D eigenvalue weighted by Crippen LogP contribution is 2.40. The van der Waals surface area contributed by atoms with Gasteiger partial charge in [0.05, 0.1) is 16.3 Å². The molecule has 1 aliphatic rings. The van der Waals surface area contributed by atoms with Crippen molar-refractivity contribution < 1.29 is 0 Å². The first-order valence-corrected chi connectivity index (χ1v) is 11.9. The summed E-state index contributed by atoms with van der Waals surface area (Å²) in [6, 6.07) is 14.5. The quantitative estimate of drug-likeness (QED) is 0.420. The molecule has 0 bridgehead atoms. The average molecular weight is 457 g/mol. The van der Waals surface area contributed by atoms with Gasteiger partial charge in [0.15, 0.2) is 5.82 Å². The zero-order valence-electron chi connectivity index (χ0n) is 18.3. The second-order valence-electron chi connectivity index (χ2n) is 8.23. The van der Waals surface area contributed by atoms with Gasteiger partial charge in [-0.1, -0.05) is 36.4 Å². The van der Waals surface area contributed by atoms with Crippen LogP contribution in [0, 0.1) is 6.92 Å². The first kappa shape index (κ1) is 20.2. The Morgan fingerprint density at radius 2 is 1.88 bits per heavy atom. The highest BCUT2D eigenvalue weighted by Gasteiger charge is 2.22. The molecule has 1 saturated heterocycles. The summed E-state index contributed by atoms with van der Waals surface area (Å²) in [6.07, 6.45) is 3.75. The van der Waals surface area contributed by atoms with Gasteiger partial charge in [0.1, 0.15) is 22.7 Å². The molecular weight excluding hydrogens is 432 g/mol. The van der Waals surface area contributed by atoms with Crippen LogP contribution in [0.4, 0.5) is 0 Å². The summed E-state index contributed by atoms with van der Waals surface area (Å²) in [5, 5.41) is 11.4. The van der Waals surface area contributed by atoms with Crippen LogP contribution in [0.1, 0.15) is 11.3 Å². The molecule has 0 unspecified atom stereocenters. The van der Waals surface area contributed by atoms with Crippen molar-refractivity contribution in [3.05, 3.63) is 66.2 Å².